The van der Waals surface area contributed by atoms with Gasteiger partial charge in [0.05, 0.1) is 6.42 Å². The van der Waals surface area contributed by atoms with E-state index in [1.807, 2.05) is 31.2 Å². The second-order valence-corrected chi connectivity index (χ2v) is 8.40. The summed E-state index contributed by atoms with van der Waals surface area (Å²) < 4.78 is 26.5. The number of allylic oxidation sites excluding steroid dienone is 1. The lowest BCUT2D eigenvalue weighted by molar-refractivity contribution is -0.135. The summed E-state index contributed by atoms with van der Waals surface area (Å²) in [6.45, 7) is 1.97. The quantitative estimate of drug-likeness (QED) is 0.809. The van der Waals surface area contributed by atoms with E-state index in [1.54, 1.807) is 12.3 Å². The number of carboxylic acid groups (broad SMARTS) is 1. The molecule has 2 aromatic rings. The summed E-state index contributed by atoms with van der Waals surface area (Å²) in [4.78, 5) is 12.1. The van der Waals surface area contributed by atoms with Crippen LogP contribution in [0.5, 0.6) is 0 Å². The molecule has 0 radical (unpaired) electrons. The highest BCUT2D eigenvalue weighted by Crippen LogP contribution is 2.56. The molecule has 0 aromatic heterocycles. The molecule has 0 spiro atoms. The van der Waals surface area contributed by atoms with Crippen molar-refractivity contribution in [1.82, 2.24) is 0 Å². The van der Waals surface area contributed by atoms with Crippen molar-refractivity contribution in [2.45, 2.75) is 36.5 Å². The molecule has 0 amide bonds. The Hall–Kier alpha value is -2.11. The Morgan fingerprint density at radius 3 is 2.54 bits per heavy atom. The Morgan fingerprint density at radius 2 is 1.92 bits per heavy atom. The van der Waals surface area contributed by atoms with Crippen LogP contribution >= 0.6 is 0 Å². The van der Waals surface area contributed by atoms with Gasteiger partial charge in [-0.15, -0.1) is 0 Å². The van der Waals surface area contributed by atoms with Crippen molar-refractivity contribution >= 4 is 22.7 Å². The largest absolute Gasteiger partial charge is 0.612 e. The molecule has 3 nitrogen and oxygen atoms in total. The molecular weight excluding hydrogens is 351 g/mol. The third kappa shape index (κ3) is 2.58. The van der Waals surface area contributed by atoms with Gasteiger partial charge >= 0.3 is 5.97 Å². The number of hydrogen-bond donors (Lipinski definition) is 1. The minimum atomic E-state index is -1.05. The number of halogens is 1. The van der Waals surface area contributed by atoms with Crippen LogP contribution in [0.1, 0.15) is 53.9 Å². The van der Waals surface area contributed by atoms with E-state index in [1.165, 1.54) is 6.07 Å². The molecule has 134 valence electrons. The lowest BCUT2D eigenvalue weighted by atomic mass is 9.74. The lowest BCUT2D eigenvalue weighted by Gasteiger charge is -2.30. The standard InChI is InChI=1S/C21H19FO3S/c1-11-15-9-17(12-3-5-13(6-4-12)26(2)25)21-18(22)8-7-14(15)20(21)16(11)10-19(23)24/h3-8,15,17H,9-10H2,1-2H3,(H,23,24). The average molecular weight is 370 g/mol. The smallest absolute Gasteiger partial charge is 0.307 e. The molecule has 0 saturated heterocycles. The molecule has 2 aliphatic carbocycles. The number of benzene rings is 2. The van der Waals surface area contributed by atoms with Crippen molar-refractivity contribution in [3.63, 3.8) is 0 Å². The van der Waals surface area contributed by atoms with E-state index in [4.69, 9.17) is 0 Å². The van der Waals surface area contributed by atoms with E-state index in [0.717, 1.165) is 39.2 Å². The van der Waals surface area contributed by atoms with Crippen molar-refractivity contribution < 1.29 is 18.8 Å². The summed E-state index contributed by atoms with van der Waals surface area (Å²) in [5, 5.41) is 9.29. The van der Waals surface area contributed by atoms with Crippen LogP contribution < -0.4 is 0 Å². The van der Waals surface area contributed by atoms with Crippen molar-refractivity contribution in [2.24, 2.45) is 0 Å². The first-order valence-corrected chi connectivity index (χ1v) is 10.1. The number of carboxylic acids is 1. The predicted molar refractivity (Wildman–Crippen MR) is 99.2 cm³/mol. The average Bonchev–Trinajstić information content (AvgIpc) is 2.77. The molecule has 0 fully saturated rings. The first kappa shape index (κ1) is 17.3. The highest BCUT2D eigenvalue weighted by atomic mass is 32.2. The molecule has 4 rings (SSSR count). The number of rotatable bonds is 4. The summed E-state index contributed by atoms with van der Waals surface area (Å²) in [6, 6.07) is 10.8. The van der Waals surface area contributed by atoms with Gasteiger partial charge in [0.25, 0.3) is 0 Å². The third-order valence-electron chi connectivity index (χ3n) is 5.66. The molecule has 5 heteroatoms. The summed E-state index contributed by atoms with van der Waals surface area (Å²) in [7, 11) is 0. The van der Waals surface area contributed by atoms with E-state index in [2.05, 4.69) is 0 Å². The second kappa shape index (κ2) is 6.25. The second-order valence-electron chi connectivity index (χ2n) is 7.02. The van der Waals surface area contributed by atoms with Gasteiger partial charge in [-0.2, -0.15) is 0 Å². The highest BCUT2D eigenvalue weighted by Gasteiger charge is 2.41. The maximum absolute atomic E-state index is 14.8. The van der Waals surface area contributed by atoms with Gasteiger partial charge in [0.2, 0.25) is 0 Å². The number of aliphatic carboxylic acids is 1. The van der Waals surface area contributed by atoms with Crippen molar-refractivity contribution in [1.29, 1.82) is 0 Å². The van der Waals surface area contributed by atoms with Crippen molar-refractivity contribution in [2.75, 3.05) is 6.26 Å². The normalized spacial score (nSPS) is 21.8. The number of hydrogen-bond acceptors (Lipinski definition) is 2. The molecular formula is C21H19FO3S. The number of carbonyl (C=O) groups is 1. The zero-order chi connectivity index (χ0) is 18.6. The van der Waals surface area contributed by atoms with Crippen LogP contribution in [0, 0.1) is 5.82 Å². The fraction of sp³-hybridized carbons (Fsp3) is 0.286. The lowest BCUT2D eigenvalue weighted by Crippen LogP contribution is -2.16. The topological polar surface area (TPSA) is 60.4 Å². The Labute approximate surface area is 154 Å². The zero-order valence-electron chi connectivity index (χ0n) is 14.6. The first-order valence-electron chi connectivity index (χ1n) is 8.56. The van der Waals surface area contributed by atoms with Gasteiger partial charge in [0, 0.05) is 17.4 Å². The Kier molecular flexibility index (Phi) is 4.16. The molecule has 26 heavy (non-hydrogen) atoms. The predicted octanol–water partition coefficient (Wildman–Crippen LogP) is 4.44. The minimum absolute atomic E-state index is 0.0771. The van der Waals surface area contributed by atoms with Gasteiger partial charge < -0.3 is 9.66 Å². The summed E-state index contributed by atoms with van der Waals surface area (Å²) in [5.41, 5.74) is 5.25. The molecule has 3 unspecified atom stereocenters. The fourth-order valence-corrected chi connectivity index (χ4v) is 4.97. The van der Waals surface area contributed by atoms with Gasteiger partial charge in [0.15, 0.2) is 4.90 Å². The van der Waals surface area contributed by atoms with E-state index >= 15 is 0 Å². The molecule has 0 heterocycles. The first-order chi connectivity index (χ1) is 12.4. The molecule has 4 bridgehead atoms. The maximum atomic E-state index is 14.8. The molecule has 2 aliphatic rings. The highest BCUT2D eigenvalue weighted by molar-refractivity contribution is 7.90. The van der Waals surface area contributed by atoms with Crippen molar-refractivity contribution in [3.05, 3.63) is 70.0 Å². The van der Waals surface area contributed by atoms with Crippen LogP contribution in [0.4, 0.5) is 4.39 Å². The fourth-order valence-electron chi connectivity index (χ4n) is 4.45. The SMILES string of the molecule is CC1=C(CC(=O)O)c2c3ccc(F)c2C(c2ccc([S+](C)[O-])cc2)CC13. The van der Waals surface area contributed by atoms with Crippen LogP contribution in [0.3, 0.4) is 0 Å². The van der Waals surface area contributed by atoms with E-state index < -0.39 is 17.1 Å². The van der Waals surface area contributed by atoms with Crippen molar-refractivity contribution in [3.8, 4) is 0 Å². The van der Waals surface area contributed by atoms with Gasteiger partial charge in [0.1, 0.15) is 12.1 Å². The van der Waals surface area contributed by atoms with Crippen LogP contribution in [0.15, 0.2) is 46.9 Å². The van der Waals surface area contributed by atoms with Gasteiger partial charge in [-0.1, -0.05) is 23.8 Å². The third-order valence-corrected chi connectivity index (χ3v) is 6.60. The van der Waals surface area contributed by atoms with Crippen LogP contribution in [-0.2, 0) is 16.0 Å². The molecule has 2 aromatic carbocycles. The minimum Gasteiger partial charge on any atom is -0.612 e. The molecule has 0 aliphatic heterocycles. The monoisotopic (exact) mass is 370 g/mol. The Morgan fingerprint density at radius 1 is 1.23 bits per heavy atom. The van der Waals surface area contributed by atoms with Crippen LogP contribution in [0.25, 0.3) is 5.57 Å². The van der Waals surface area contributed by atoms with Gasteiger partial charge in [-0.3, -0.25) is 4.79 Å². The van der Waals surface area contributed by atoms with Gasteiger partial charge in [-0.25, -0.2) is 4.39 Å². The Bertz CT molecular complexity index is 931. The zero-order valence-corrected chi connectivity index (χ0v) is 15.4. The van der Waals surface area contributed by atoms with Gasteiger partial charge in [-0.05, 0) is 65.0 Å². The van der Waals surface area contributed by atoms with E-state index in [-0.39, 0.29) is 24.1 Å². The molecule has 3 atom stereocenters. The van der Waals surface area contributed by atoms with E-state index in [9.17, 15) is 18.8 Å². The van der Waals surface area contributed by atoms with Crippen LogP contribution in [-0.4, -0.2) is 21.9 Å². The van der Waals surface area contributed by atoms with Crippen LogP contribution in [0.2, 0.25) is 0 Å². The molecule has 1 N–H and O–H groups in total. The Balaban J connectivity index is 1.84. The summed E-state index contributed by atoms with van der Waals surface area (Å²) in [6.07, 6.45) is 2.29. The molecule has 0 saturated carbocycles. The van der Waals surface area contributed by atoms with E-state index in [0.29, 0.717) is 5.56 Å². The maximum Gasteiger partial charge on any atom is 0.307 e. The summed E-state index contributed by atoms with van der Waals surface area (Å²) in [5.74, 6) is -1.16. The summed E-state index contributed by atoms with van der Waals surface area (Å²) >= 11 is -1.05.